The first-order valence-corrected chi connectivity index (χ1v) is 41.5. The van der Waals surface area contributed by atoms with E-state index >= 15 is 0 Å². The van der Waals surface area contributed by atoms with E-state index in [2.05, 4.69) is 58.0 Å². The van der Waals surface area contributed by atoms with E-state index in [1.807, 2.05) is 0 Å². The number of rotatable bonds is 68. The van der Waals surface area contributed by atoms with Crippen LogP contribution in [-0.2, 0) is 52.5 Å². The van der Waals surface area contributed by atoms with Crippen molar-refractivity contribution in [1.29, 1.82) is 0 Å². The molecule has 0 aromatic heterocycles. The van der Waals surface area contributed by atoms with Gasteiger partial charge in [0.05, 0.1) is 19.6 Å². The van der Waals surface area contributed by atoms with Gasteiger partial charge in [-0.3, -0.25) is 28.8 Å². The highest BCUT2D eigenvalue weighted by Gasteiger charge is 2.29. The van der Waals surface area contributed by atoms with Gasteiger partial charge in [0, 0.05) is 37.4 Å². The van der Waals surface area contributed by atoms with E-state index in [0.717, 1.165) is 64.2 Å². The molecule has 20 nitrogen and oxygen atoms in total. The van der Waals surface area contributed by atoms with Crippen LogP contribution < -0.4 is 37.2 Å². The molecule has 0 bridgehead atoms. The molecular formula is C79H149N7O13S. The van der Waals surface area contributed by atoms with E-state index in [9.17, 15) is 43.2 Å². The third kappa shape index (κ3) is 66.4. The van der Waals surface area contributed by atoms with Crippen LogP contribution >= 0.6 is 11.8 Å². The lowest BCUT2D eigenvalue weighted by Crippen LogP contribution is -2.51. The molecule has 0 aliphatic heterocycles. The lowest BCUT2D eigenvalue weighted by molar-refractivity contribution is -0.160. The van der Waals surface area contributed by atoms with Crippen molar-refractivity contribution in [3.8, 4) is 0 Å². The van der Waals surface area contributed by atoms with Gasteiger partial charge in [-0.2, -0.15) is 11.8 Å². The van der Waals surface area contributed by atoms with Crippen LogP contribution in [-0.4, -0.2) is 134 Å². The second-order valence-corrected chi connectivity index (χ2v) is 30.9. The highest BCUT2D eigenvalue weighted by atomic mass is 32.2. The summed E-state index contributed by atoms with van der Waals surface area (Å²) in [7, 11) is 0. The number of nitrogens with one attached hydrogen (secondary N) is 7. The molecule has 0 saturated heterocycles. The van der Waals surface area contributed by atoms with Crippen molar-refractivity contribution in [2.75, 3.05) is 50.8 Å². The number of carbonyl (C=O) groups is 9. The Labute approximate surface area is 612 Å². The topological polar surface area (TPSA) is 275 Å². The summed E-state index contributed by atoms with van der Waals surface area (Å²) >= 11 is 1.22. The van der Waals surface area contributed by atoms with E-state index in [0.29, 0.717) is 19.5 Å². The molecule has 100 heavy (non-hydrogen) atoms. The Bertz CT molecular complexity index is 2090. The average Bonchev–Trinajstić information content (AvgIpc) is 0.918. The number of thioether (sulfide) groups is 1. The Hall–Kier alpha value is -4.82. The second kappa shape index (κ2) is 66.2. The zero-order valence-electron chi connectivity index (χ0n) is 65.0. The first-order valence-electron chi connectivity index (χ1n) is 40.4. The molecule has 3 atom stereocenters. The first kappa shape index (κ1) is 95.2. The van der Waals surface area contributed by atoms with Crippen LogP contribution in [0, 0.1) is 0 Å². The molecule has 0 fully saturated rings. The van der Waals surface area contributed by atoms with E-state index < -0.39 is 96.8 Å². The number of unbranched alkanes of at least 4 members (excludes halogenated alkanes) is 42. The van der Waals surface area contributed by atoms with Gasteiger partial charge in [0.1, 0.15) is 36.0 Å². The molecule has 0 heterocycles. The molecule has 0 aliphatic rings. The molecular weight excluding hydrogens is 1290 g/mol. The fourth-order valence-corrected chi connectivity index (χ4v) is 12.7. The highest BCUT2D eigenvalue weighted by molar-refractivity contribution is 7.99. The van der Waals surface area contributed by atoms with E-state index in [1.165, 1.54) is 230 Å². The van der Waals surface area contributed by atoms with Gasteiger partial charge >= 0.3 is 24.1 Å². The number of alkyl carbamates (subject to hydrolysis) is 2. The van der Waals surface area contributed by atoms with Crippen molar-refractivity contribution in [3.05, 3.63) is 0 Å². The minimum atomic E-state index is -1.22. The van der Waals surface area contributed by atoms with E-state index in [1.54, 1.807) is 41.5 Å². The predicted octanol–water partition coefficient (Wildman–Crippen LogP) is 17.3. The molecule has 21 heteroatoms. The molecule has 0 saturated carbocycles. The van der Waals surface area contributed by atoms with E-state index in [4.69, 9.17) is 18.9 Å². The van der Waals surface area contributed by atoms with Crippen LogP contribution in [0.2, 0.25) is 0 Å². The molecule has 7 amide bonds. The van der Waals surface area contributed by atoms with Gasteiger partial charge in [-0.15, -0.1) is 0 Å². The Morgan fingerprint density at radius 1 is 0.340 bits per heavy atom. The Balaban J connectivity index is 5.70. The largest absolute Gasteiger partial charge is 0.460 e. The summed E-state index contributed by atoms with van der Waals surface area (Å²) in [4.78, 5) is 118. The Morgan fingerprint density at radius 2 is 0.680 bits per heavy atom. The summed E-state index contributed by atoms with van der Waals surface area (Å²) < 4.78 is 22.3. The van der Waals surface area contributed by atoms with Crippen molar-refractivity contribution in [2.24, 2.45) is 0 Å². The van der Waals surface area contributed by atoms with Gasteiger partial charge in [-0.25, -0.2) is 14.4 Å². The lowest BCUT2D eigenvalue weighted by Gasteiger charge is -2.25. The van der Waals surface area contributed by atoms with Crippen molar-refractivity contribution in [1.82, 2.24) is 37.2 Å². The van der Waals surface area contributed by atoms with Crippen LogP contribution in [0.1, 0.15) is 371 Å². The Morgan fingerprint density at radius 3 is 1.07 bits per heavy atom. The van der Waals surface area contributed by atoms with Crippen molar-refractivity contribution < 1.29 is 62.1 Å². The zero-order valence-corrected chi connectivity index (χ0v) is 65.9. The summed E-state index contributed by atoms with van der Waals surface area (Å²) in [5.41, 5.74) is -1.64. The van der Waals surface area contributed by atoms with Gasteiger partial charge in [0.15, 0.2) is 0 Å². The maximum Gasteiger partial charge on any atom is 0.407 e. The quantitative estimate of drug-likeness (QED) is 0.0170. The summed E-state index contributed by atoms with van der Waals surface area (Å²) in [6.07, 6.45) is 52.6. The van der Waals surface area contributed by atoms with Crippen molar-refractivity contribution in [2.45, 2.75) is 400 Å². The smallest absolute Gasteiger partial charge is 0.407 e. The van der Waals surface area contributed by atoms with Crippen LogP contribution in [0.5, 0.6) is 0 Å². The van der Waals surface area contributed by atoms with Gasteiger partial charge in [-0.05, 0) is 67.2 Å². The molecule has 584 valence electrons. The minimum absolute atomic E-state index is 0.0180. The van der Waals surface area contributed by atoms with Crippen LogP contribution in [0.3, 0.4) is 0 Å². The SMILES string of the molecule is CCCCCCCCCCCCCCCCCCNC(=O)OC[C@H](CSC[C@H](NC(=O)CCCCCCCCCCCCCCC)C(=O)NCC(=O)NCC(=O)NCC(=O)N[C@@H](CCC(=O)OC(C)(C)C)C(=O)OC(C)(C)C)OC(=O)NCCCCCCCCCCCCCCCCCC. The number of hydrogen-bond donors (Lipinski definition) is 7. The molecule has 0 rings (SSSR count). The molecule has 0 aliphatic carbocycles. The maximum absolute atomic E-state index is 13.9. The highest BCUT2D eigenvalue weighted by Crippen LogP contribution is 2.19. The molecule has 0 spiro atoms. The average molecular weight is 1440 g/mol. The van der Waals surface area contributed by atoms with Gasteiger partial charge in [0.2, 0.25) is 29.5 Å². The van der Waals surface area contributed by atoms with E-state index in [-0.39, 0.29) is 43.3 Å². The van der Waals surface area contributed by atoms with Crippen molar-refractivity contribution >= 4 is 65.4 Å². The van der Waals surface area contributed by atoms with Crippen LogP contribution in [0.15, 0.2) is 0 Å². The maximum atomic E-state index is 13.9. The second-order valence-electron chi connectivity index (χ2n) is 29.8. The fourth-order valence-electron chi connectivity index (χ4n) is 11.6. The summed E-state index contributed by atoms with van der Waals surface area (Å²) in [6.45, 7) is 15.8. The Kier molecular flexibility index (Phi) is 63.0. The summed E-state index contributed by atoms with van der Waals surface area (Å²) in [5, 5.41) is 18.4. The molecule has 0 aromatic rings. The monoisotopic (exact) mass is 1440 g/mol. The van der Waals surface area contributed by atoms with Gasteiger partial charge in [-0.1, -0.05) is 290 Å². The first-order chi connectivity index (χ1) is 48.1. The predicted molar refractivity (Wildman–Crippen MR) is 408 cm³/mol. The van der Waals surface area contributed by atoms with Crippen LogP contribution in [0.4, 0.5) is 9.59 Å². The zero-order chi connectivity index (χ0) is 74.0. The summed E-state index contributed by atoms with van der Waals surface area (Å²) in [5.74, 6) is -4.42. The van der Waals surface area contributed by atoms with Gasteiger partial charge < -0.3 is 56.2 Å². The number of esters is 2. The number of ether oxygens (including phenoxy) is 4. The lowest BCUT2D eigenvalue weighted by atomic mass is 10.0. The van der Waals surface area contributed by atoms with Crippen LogP contribution in [0.25, 0.3) is 0 Å². The fraction of sp³-hybridized carbons (Fsp3) is 0.886. The summed E-state index contributed by atoms with van der Waals surface area (Å²) in [6, 6.07) is -2.33. The molecule has 7 N–H and O–H groups in total. The number of hydrogen-bond acceptors (Lipinski definition) is 14. The van der Waals surface area contributed by atoms with Crippen molar-refractivity contribution in [3.63, 3.8) is 0 Å². The molecule has 0 unspecified atom stereocenters. The minimum Gasteiger partial charge on any atom is -0.460 e. The standard InChI is InChI=1S/C79H149N7O13S/c1-10-13-16-19-22-25-28-31-33-35-38-41-44-47-50-53-58-80-76(94)96-63-66(97-77(95)81-59-54-51-48-45-42-39-36-34-32-29-26-23-20-17-14-11-2)64-100-65-68(86-69(87)55-52-49-46-43-40-37-30-27-24-21-18-15-12-3)74(92)84-61-71(89)82-60-70(88)83-62-72(90)85-67(75(93)99-79(7,8)9)56-57-73(91)98-78(4,5)6/h66-68H,10-65H2,1-9H3,(H,80,94)(H,81,95)(H,82,89)(H,83,88)(H,84,92)(H,85,90)(H,86,87)/t66-,67+,68+/m1/s1. The van der Waals surface area contributed by atoms with Gasteiger partial charge in [0.25, 0.3) is 0 Å². The third-order valence-corrected chi connectivity index (χ3v) is 18.6. The number of amides is 7. The third-order valence-electron chi connectivity index (χ3n) is 17.4. The number of carbonyl (C=O) groups excluding carboxylic acids is 9. The molecule has 0 radical (unpaired) electrons. The normalized spacial score (nSPS) is 12.4. The molecule has 0 aromatic carbocycles.